The Morgan fingerprint density at radius 3 is 2.29 bits per heavy atom. The van der Waals surface area contributed by atoms with Crippen LogP contribution in [0.2, 0.25) is 0 Å². The van der Waals surface area contributed by atoms with Gasteiger partial charge < -0.3 is 4.90 Å². The molecule has 2 fully saturated rings. The number of nitrogens with zero attached hydrogens (tertiary/aromatic N) is 2. The van der Waals surface area contributed by atoms with Crippen molar-refractivity contribution < 1.29 is 13.6 Å². The van der Waals surface area contributed by atoms with Crippen molar-refractivity contribution in [1.29, 1.82) is 0 Å². The number of halogens is 2. The van der Waals surface area contributed by atoms with Crippen LogP contribution in [0.15, 0.2) is 18.2 Å². The summed E-state index contributed by atoms with van der Waals surface area (Å²) in [4.78, 5) is 16.0. The van der Waals surface area contributed by atoms with E-state index in [0.29, 0.717) is 24.6 Å². The molecule has 3 nitrogen and oxygen atoms in total. The van der Waals surface area contributed by atoms with E-state index in [-0.39, 0.29) is 5.91 Å². The number of hydrogen-bond donors (Lipinski definition) is 0. The van der Waals surface area contributed by atoms with Gasteiger partial charge in [-0.05, 0) is 37.0 Å². The normalized spacial score (nSPS) is 21.2. The third kappa shape index (κ3) is 3.40. The maximum atomic E-state index is 13.2. The van der Waals surface area contributed by atoms with Crippen molar-refractivity contribution in [3.63, 3.8) is 0 Å². The first-order chi connectivity index (χ1) is 10.1. The maximum absolute atomic E-state index is 13.2. The summed E-state index contributed by atoms with van der Waals surface area (Å²) in [5.74, 6) is -0.772. The van der Waals surface area contributed by atoms with E-state index >= 15 is 0 Å². The van der Waals surface area contributed by atoms with Crippen LogP contribution in [0.25, 0.3) is 0 Å². The summed E-state index contributed by atoms with van der Waals surface area (Å²) in [5.41, 5.74) is 0.670. The molecule has 0 aromatic heterocycles. The first-order valence-corrected chi connectivity index (χ1v) is 7.58. The predicted octanol–water partition coefficient (Wildman–Crippen LogP) is 2.55. The average Bonchev–Trinajstić information content (AvgIpc) is 2.85. The van der Waals surface area contributed by atoms with Gasteiger partial charge in [-0.3, -0.25) is 9.69 Å². The van der Waals surface area contributed by atoms with Crippen molar-refractivity contribution in [2.75, 3.05) is 19.6 Å². The first-order valence-electron chi connectivity index (χ1n) is 7.58. The van der Waals surface area contributed by atoms with Crippen LogP contribution >= 0.6 is 0 Å². The fraction of sp³-hybridized carbons (Fsp3) is 0.562. The highest BCUT2D eigenvalue weighted by molar-refractivity contribution is 5.78. The molecule has 1 amide bonds. The molecular weight excluding hydrogens is 274 g/mol. The lowest BCUT2D eigenvalue weighted by atomic mass is 10.0. The van der Waals surface area contributed by atoms with E-state index < -0.39 is 11.6 Å². The van der Waals surface area contributed by atoms with E-state index in [9.17, 15) is 13.6 Å². The fourth-order valence-corrected chi connectivity index (χ4v) is 3.40. The Morgan fingerprint density at radius 2 is 1.71 bits per heavy atom. The second-order valence-electron chi connectivity index (χ2n) is 5.98. The van der Waals surface area contributed by atoms with Gasteiger partial charge in [-0.25, -0.2) is 8.78 Å². The second kappa shape index (κ2) is 6.10. The van der Waals surface area contributed by atoms with Gasteiger partial charge in [0.15, 0.2) is 0 Å². The van der Waals surface area contributed by atoms with Gasteiger partial charge >= 0.3 is 0 Å². The van der Waals surface area contributed by atoms with Crippen LogP contribution < -0.4 is 0 Å². The van der Waals surface area contributed by atoms with Gasteiger partial charge in [-0.2, -0.15) is 0 Å². The Bertz CT molecular complexity index is 507. The highest BCUT2D eigenvalue weighted by Gasteiger charge is 2.30. The molecule has 2 aliphatic heterocycles. The summed E-state index contributed by atoms with van der Waals surface area (Å²) in [6.45, 7) is 3.19. The predicted molar refractivity (Wildman–Crippen MR) is 75.6 cm³/mol. The van der Waals surface area contributed by atoms with E-state index in [4.69, 9.17) is 0 Å². The molecule has 0 N–H and O–H groups in total. The van der Waals surface area contributed by atoms with Crippen molar-refractivity contribution in [2.24, 2.45) is 0 Å². The Balaban J connectivity index is 1.55. The zero-order valence-corrected chi connectivity index (χ0v) is 12.0. The van der Waals surface area contributed by atoms with E-state index in [1.165, 1.54) is 12.1 Å². The molecule has 0 saturated carbocycles. The molecule has 0 atom stereocenters. The van der Waals surface area contributed by atoms with Crippen LogP contribution in [0.1, 0.15) is 31.2 Å². The minimum absolute atomic E-state index is 0.278. The van der Waals surface area contributed by atoms with Gasteiger partial charge in [-0.15, -0.1) is 0 Å². The number of piperidine rings is 1. The number of hydrogen-bond acceptors (Lipinski definition) is 2. The molecule has 114 valence electrons. The number of likely N-dealkylation sites (tertiary alicyclic amines) is 2. The molecule has 1 aromatic carbocycles. The Labute approximate surface area is 123 Å². The molecule has 3 rings (SSSR count). The highest BCUT2D eigenvalue weighted by Crippen LogP contribution is 2.23. The molecule has 2 heterocycles. The molecule has 1 aromatic rings. The molecule has 21 heavy (non-hydrogen) atoms. The lowest BCUT2D eigenvalue weighted by Crippen LogP contribution is -2.45. The molecule has 0 aliphatic carbocycles. The van der Waals surface area contributed by atoms with Gasteiger partial charge in [0.25, 0.3) is 0 Å². The molecule has 2 saturated heterocycles. The van der Waals surface area contributed by atoms with Crippen LogP contribution in [0, 0.1) is 11.6 Å². The summed E-state index contributed by atoms with van der Waals surface area (Å²) in [6.07, 6.45) is 3.55. The first kappa shape index (κ1) is 14.4. The molecule has 2 aliphatic rings. The second-order valence-corrected chi connectivity index (χ2v) is 5.98. The van der Waals surface area contributed by atoms with Crippen LogP contribution in [0.4, 0.5) is 8.78 Å². The number of amides is 1. The van der Waals surface area contributed by atoms with Crippen LogP contribution in [-0.4, -0.2) is 41.4 Å². The SMILES string of the molecule is O=C1CCCN1C1CCN(Cc2cc(F)cc(F)c2)CC1. The molecule has 0 spiro atoms. The molecular formula is C16H20F2N2O. The molecule has 0 unspecified atom stereocenters. The monoisotopic (exact) mass is 294 g/mol. The Morgan fingerprint density at radius 1 is 1.05 bits per heavy atom. The van der Waals surface area contributed by atoms with Crippen LogP contribution in [0.5, 0.6) is 0 Å². The third-order valence-electron chi connectivity index (χ3n) is 4.44. The summed E-state index contributed by atoms with van der Waals surface area (Å²) in [6, 6.07) is 4.02. The van der Waals surface area contributed by atoms with E-state index in [1.54, 1.807) is 0 Å². The van der Waals surface area contributed by atoms with Gasteiger partial charge in [0, 0.05) is 44.7 Å². The quantitative estimate of drug-likeness (QED) is 0.855. The lowest BCUT2D eigenvalue weighted by molar-refractivity contribution is -0.130. The summed E-state index contributed by atoms with van der Waals surface area (Å²) in [5, 5.41) is 0. The van der Waals surface area contributed by atoms with Crippen molar-refractivity contribution in [1.82, 2.24) is 9.80 Å². The zero-order valence-electron chi connectivity index (χ0n) is 12.0. The van der Waals surface area contributed by atoms with Crippen LogP contribution in [-0.2, 0) is 11.3 Å². The van der Waals surface area contributed by atoms with Gasteiger partial charge in [-0.1, -0.05) is 0 Å². The number of carbonyl (C=O) groups is 1. The summed E-state index contributed by atoms with van der Waals surface area (Å²) < 4.78 is 26.4. The zero-order chi connectivity index (χ0) is 14.8. The lowest BCUT2D eigenvalue weighted by Gasteiger charge is -2.36. The molecule has 5 heteroatoms. The van der Waals surface area contributed by atoms with E-state index in [1.807, 2.05) is 4.90 Å². The minimum Gasteiger partial charge on any atom is -0.340 e. The molecule has 0 bridgehead atoms. The largest absolute Gasteiger partial charge is 0.340 e. The number of benzene rings is 1. The van der Waals surface area contributed by atoms with Crippen molar-refractivity contribution in [3.8, 4) is 0 Å². The van der Waals surface area contributed by atoms with E-state index in [0.717, 1.165) is 45.0 Å². The number of carbonyl (C=O) groups excluding carboxylic acids is 1. The standard InChI is InChI=1S/C16H20F2N2O/c17-13-8-12(9-14(18)10-13)11-19-6-3-15(4-7-19)20-5-1-2-16(20)21/h8-10,15H,1-7,11H2. The average molecular weight is 294 g/mol. The Kier molecular flexibility index (Phi) is 4.19. The fourth-order valence-electron chi connectivity index (χ4n) is 3.40. The van der Waals surface area contributed by atoms with Crippen molar-refractivity contribution in [3.05, 3.63) is 35.4 Å². The van der Waals surface area contributed by atoms with Crippen molar-refractivity contribution in [2.45, 2.75) is 38.3 Å². The van der Waals surface area contributed by atoms with Crippen molar-refractivity contribution >= 4 is 5.91 Å². The van der Waals surface area contributed by atoms with Gasteiger partial charge in [0.2, 0.25) is 5.91 Å². The minimum atomic E-state index is -0.525. The van der Waals surface area contributed by atoms with Gasteiger partial charge in [0.05, 0.1) is 0 Å². The van der Waals surface area contributed by atoms with Crippen LogP contribution in [0.3, 0.4) is 0 Å². The summed E-state index contributed by atoms with van der Waals surface area (Å²) in [7, 11) is 0. The van der Waals surface area contributed by atoms with Gasteiger partial charge in [0.1, 0.15) is 11.6 Å². The number of rotatable bonds is 3. The molecule has 0 radical (unpaired) electrons. The topological polar surface area (TPSA) is 23.6 Å². The van der Waals surface area contributed by atoms with E-state index in [2.05, 4.69) is 4.90 Å². The third-order valence-corrected chi connectivity index (χ3v) is 4.44. The maximum Gasteiger partial charge on any atom is 0.222 e. The highest BCUT2D eigenvalue weighted by atomic mass is 19.1. The smallest absolute Gasteiger partial charge is 0.222 e. The summed E-state index contributed by atoms with van der Waals surface area (Å²) >= 11 is 0. The Hall–Kier alpha value is -1.49.